The van der Waals surface area contributed by atoms with Crippen molar-refractivity contribution < 1.29 is 4.79 Å². The van der Waals surface area contributed by atoms with Gasteiger partial charge in [0.05, 0.1) is 6.20 Å². The molecule has 0 amide bonds. The number of hydrogen-bond acceptors (Lipinski definition) is 2. The monoisotopic (exact) mass is 242 g/mol. The first kappa shape index (κ1) is 12.6. The summed E-state index contributed by atoms with van der Waals surface area (Å²) in [6, 6.07) is 10.2. The van der Waals surface area contributed by atoms with E-state index in [9.17, 15) is 4.79 Å². The molecule has 3 heteroatoms. The number of nitrogens with zero attached hydrogens (tertiary/aromatic N) is 2. The molecule has 18 heavy (non-hydrogen) atoms. The van der Waals surface area contributed by atoms with Crippen molar-refractivity contribution in [2.45, 2.75) is 32.7 Å². The Balaban J connectivity index is 1.89. The van der Waals surface area contributed by atoms with E-state index in [4.69, 9.17) is 0 Å². The lowest BCUT2D eigenvalue weighted by Crippen LogP contribution is -1.99. The Labute approximate surface area is 107 Å². The highest BCUT2D eigenvalue weighted by Crippen LogP contribution is 2.17. The fourth-order valence-corrected chi connectivity index (χ4v) is 1.91. The Bertz CT molecular complexity index is 502. The molecule has 94 valence electrons. The number of rotatable bonds is 6. The van der Waals surface area contributed by atoms with Gasteiger partial charge in [0.1, 0.15) is 5.78 Å². The summed E-state index contributed by atoms with van der Waals surface area (Å²) in [5, 5.41) is 4.34. The number of hydrogen-bond donors (Lipinski definition) is 0. The number of carbonyl (C=O) groups excluding carboxylic acids is 1. The lowest BCUT2D eigenvalue weighted by Gasteiger charge is -2.00. The molecule has 0 unspecified atom stereocenters. The van der Waals surface area contributed by atoms with Crippen LogP contribution in [0.2, 0.25) is 0 Å². The van der Waals surface area contributed by atoms with Crippen LogP contribution in [0.4, 0.5) is 0 Å². The van der Waals surface area contributed by atoms with E-state index in [2.05, 4.69) is 23.4 Å². The van der Waals surface area contributed by atoms with Crippen molar-refractivity contribution in [2.24, 2.45) is 0 Å². The maximum atomic E-state index is 10.8. The number of unbranched alkanes of at least 4 members (excludes halogenated alkanes) is 1. The first-order chi connectivity index (χ1) is 8.75. The summed E-state index contributed by atoms with van der Waals surface area (Å²) < 4.78 is 1.95. The van der Waals surface area contributed by atoms with Gasteiger partial charge in [0.2, 0.25) is 0 Å². The molecule has 0 saturated carbocycles. The Morgan fingerprint density at radius 2 is 1.94 bits per heavy atom. The number of Topliss-reactive ketones (excluding diaryl/α,β-unsaturated/α-hetero) is 1. The molecule has 3 nitrogen and oxygen atoms in total. The Morgan fingerprint density at radius 1 is 1.17 bits per heavy atom. The van der Waals surface area contributed by atoms with Crippen molar-refractivity contribution in [2.75, 3.05) is 0 Å². The first-order valence-corrected chi connectivity index (χ1v) is 6.33. The molecule has 0 atom stereocenters. The highest BCUT2D eigenvalue weighted by Gasteiger charge is 2.01. The van der Waals surface area contributed by atoms with E-state index in [1.54, 1.807) is 6.92 Å². The molecule has 0 saturated heterocycles. The summed E-state index contributed by atoms with van der Waals surface area (Å²) >= 11 is 0. The van der Waals surface area contributed by atoms with Crippen molar-refractivity contribution in [3.63, 3.8) is 0 Å². The SMILES string of the molecule is CC(=O)CCCCn1cc(-c2ccccc2)cn1. The van der Waals surface area contributed by atoms with Gasteiger partial charge in [-0.3, -0.25) is 4.68 Å². The second kappa shape index (κ2) is 6.15. The summed E-state index contributed by atoms with van der Waals surface area (Å²) in [5.74, 6) is 0.264. The molecular weight excluding hydrogens is 224 g/mol. The van der Waals surface area contributed by atoms with Crippen LogP contribution in [0.5, 0.6) is 0 Å². The summed E-state index contributed by atoms with van der Waals surface area (Å²) in [6.07, 6.45) is 6.56. The third-order valence-corrected chi connectivity index (χ3v) is 2.91. The third kappa shape index (κ3) is 3.55. The highest BCUT2D eigenvalue weighted by atomic mass is 16.1. The van der Waals surface area contributed by atoms with Gasteiger partial charge in [0.15, 0.2) is 0 Å². The predicted octanol–water partition coefficient (Wildman–Crippen LogP) is 3.31. The second-order valence-corrected chi connectivity index (χ2v) is 4.52. The largest absolute Gasteiger partial charge is 0.300 e. The molecule has 0 bridgehead atoms. The third-order valence-electron chi connectivity index (χ3n) is 2.91. The zero-order chi connectivity index (χ0) is 12.8. The lowest BCUT2D eigenvalue weighted by atomic mass is 10.1. The van der Waals surface area contributed by atoms with Crippen LogP contribution in [-0.4, -0.2) is 15.6 Å². The van der Waals surface area contributed by atoms with Gasteiger partial charge >= 0.3 is 0 Å². The second-order valence-electron chi connectivity index (χ2n) is 4.52. The lowest BCUT2D eigenvalue weighted by molar-refractivity contribution is -0.117. The molecule has 1 aromatic heterocycles. The van der Waals surface area contributed by atoms with Crippen LogP contribution < -0.4 is 0 Å². The number of benzene rings is 1. The van der Waals surface area contributed by atoms with Crippen molar-refractivity contribution in [3.05, 3.63) is 42.7 Å². The molecule has 1 aromatic carbocycles. The number of aryl methyl sites for hydroxylation is 1. The molecule has 0 radical (unpaired) electrons. The number of carbonyl (C=O) groups is 1. The zero-order valence-electron chi connectivity index (χ0n) is 10.7. The van der Waals surface area contributed by atoms with Crippen molar-refractivity contribution >= 4 is 5.78 Å². The smallest absolute Gasteiger partial charge is 0.129 e. The maximum Gasteiger partial charge on any atom is 0.129 e. The van der Waals surface area contributed by atoms with Crippen LogP contribution in [0.25, 0.3) is 11.1 Å². The van der Waals surface area contributed by atoms with Gasteiger partial charge in [-0.05, 0) is 25.3 Å². The van der Waals surface area contributed by atoms with Crippen LogP contribution in [-0.2, 0) is 11.3 Å². The topological polar surface area (TPSA) is 34.9 Å². The number of ketones is 1. The van der Waals surface area contributed by atoms with Crippen LogP contribution >= 0.6 is 0 Å². The molecule has 0 N–H and O–H groups in total. The standard InChI is InChI=1S/C15H18N2O/c1-13(18)7-5-6-10-17-12-15(11-16-17)14-8-3-2-4-9-14/h2-4,8-9,11-12H,5-7,10H2,1H3. The molecule has 0 aliphatic heterocycles. The van der Waals surface area contributed by atoms with E-state index in [1.807, 2.05) is 29.1 Å². The maximum absolute atomic E-state index is 10.8. The average molecular weight is 242 g/mol. The quantitative estimate of drug-likeness (QED) is 0.728. The van der Waals surface area contributed by atoms with Gasteiger partial charge in [-0.25, -0.2) is 0 Å². The van der Waals surface area contributed by atoms with Crippen molar-refractivity contribution in [3.8, 4) is 11.1 Å². The fourth-order valence-electron chi connectivity index (χ4n) is 1.91. The molecule has 0 spiro atoms. The normalized spacial score (nSPS) is 10.5. The van der Waals surface area contributed by atoms with Crippen LogP contribution in [0.1, 0.15) is 26.2 Å². The van der Waals surface area contributed by atoms with Gasteiger partial charge in [-0.1, -0.05) is 30.3 Å². The van der Waals surface area contributed by atoms with E-state index in [0.717, 1.165) is 24.9 Å². The molecule has 2 rings (SSSR count). The molecule has 0 aliphatic rings. The van der Waals surface area contributed by atoms with Crippen molar-refractivity contribution in [1.29, 1.82) is 0 Å². The van der Waals surface area contributed by atoms with E-state index in [1.165, 1.54) is 5.56 Å². The molecular formula is C15H18N2O. The summed E-state index contributed by atoms with van der Waals surface area (Å²) in [5.41, 5.74) is 2.33. The molecule has 2 aromatic rings. The number of aromatic nitrogens is 2. The van der Waals surface area contributed by atoms with Crippen LogP contribution in [0.15, 0.2) is 42.7 Å². The van der Waals surface area contributed by atoms with Gasteiger partial charge in [-0.15, -0.1) is 0 Å². The highest BCUT2D eigenvalue weighted by molar-refractivity contribution is 5.75. The van der Waals surface area contributed by atoms with Gasteiger partial charge < -0.3 is 4.79 Å². The first-order valence-electron chi connectivity index (χ1n) is 6.33. The molecule has 0 aliphatic carbocycles. The Kier molecular flexibility index (Phi) is 4.29. The zero-order valence-corrected chi connectivity index (χ0v) is 10.7. The minimum atomic E-state index is 0.264. The van der Waals surface area contributed by atoms with E-state index >= 15 is 0 Å². The Hall–Kier alpha value is -1.90. The van der Waals surface area contributed by atoms with Gasteiger partial charge in [0.25, 0.3) is 0 Å². The fraction of sp³-hybridized carbons (Fsp3) is 0.333. The summed E-state index contributed by atoms with van der Waals surface area (Å²) in [6.45, 7) is 2.52. The van der Waals surface area contributed by atoms with Crippen molar-refractivity contribution in [1.82, 2.24) is 9.78 Å². The molecule has 0 fully saturated rings. The van der Waals surface area contributed by atoms with Gasteiger partial charge in [0, 0.05) is 24.7 Å². The minimum Gasteiger partial charge on any atom is -0.300 e. The average Bonchev–Trinajstić information content (AvgIpc) is 2.84. The van der Waals surface area contributed by atoms with E-state index < -0.39 is 0 Å². The summed E-state index contributed by atoms with van der Waals surface area (Å²) in [7, 11) is 0. The Morgan fingerprint density at radius 3 is 2.67 bits per heavy atom. The predicted molar refractivity (Wildman–Crippen MR) is 72.2 cm³/mol. The summed E-state index contributed by atoms with van der Waals surface area (Å²) in [4.78, 5) is 10.8. The van der Waals surface area contributed by atoms with Gasteiger partial charge in [-0.2, -0.15) is 5.10 Å². The molecule has 1 heterocycles. The van der Waals surface area contributed by atoms with Crippen LogP contribution in [0.3, 0.4) is 0 Å². The van der Waals surface area contributed by atoms with Crippen LogP contribution in [0, 0.1) is 0 Å². The minimum absolute atomic E-state index is 0.264. The van der Waals surface area contributed by atoms with E-state index in [-0.39, 0.29) is 5.78 Å². The van der Waals surface area contributed by atoms with E-state index in [0.29, 0.717) is 6.42 Å².